The Labute approximate surface area is 141 Å². The molecule has 10 heteroatoms. The second-order valence-corrected chi connectivity index (χ2v) is 7.22. The standard InChI is InChI=1S/C14H19F3N4O2S/c15-14(16,17)10-18-19-12(24-10)21-8-6-20(7-9-21)11(22)13(23)4-2-1-3-5-13/h23H,1-9H2. The smallest absolute Gasteiger partial charge is 0.380 e. The zero-order valence-corrected chi connectivity index (χ0v) is 13.9. The number of rotatable bonds is 2. The minimum absolute atomic E-state index is 0.214. The van der Waals surface area contributed by atoms with Gasteiger partial charge < -0.3 is 14.9 Å². The molecule has 134 valence electrons. The largest absolute Gasteiger partial charge is 0.445 e. The Bertz CT molecular complexity index is 593. The van der Waals surface area contributed by atoms with Crippen molar-refractivity contribution >= 4 is 22.4 Å². The first-order valence-corrected chi connectivity index (χ1v) is 8.79. The minimum atomic E-state index is -4.49. The van der Waals surface area contributed by atoms with Gasteiger partial charge in [0, 0.05) is 26.2 Å². The van der Waals surface area contributed by atoms with E-state index in [0.29, 0.717) is 50.4 Å². The number of hydrogen-bond acceptors (Lipinski definition) is 6. The summed E-state index contributed by atoms with van der Waals surface area (Å²) in [6.45, 7) is 1.49. The van der Waals surface area contributed by atoms with Crippen LogP contribution >= 0.6 is 11.3 Å². The topological polar surface area (TPSA) is 69.6 Å². The van der Waals surface area contributed by atoms with E-state index in [4.69, 9.17) is 0 Å². The van der Waals surface area contributed by atoms with Gasteiger partial charge in [0.2, 0.25) is 10.1 Å². The number of hydrogen-bond donors (Lipinski definition) is 1. The Balaban J connectivity index is 1.59. The van der Waals surface area contributed by atoms with Crippen LogP contribution in [0.4, 0.5) is 18.3 Å². The molecule has 1 saturated carbocycles. The average Bonchev–Trinajstić information content (AvgIpc) is 3.05. The summed E-state index contributed by atoms with van der Waals surface area (Å²) < 4.78 is 37.8. The van der Waals surface area contributed by atoms with Crippen LogP contribution in [-0.2, 0) is 11.0 Å². The highest BCUT2D eigenvalue weighted by Crippen LogP contribution is 2.35. The van der Waals surface area contributed by atoms with Gasteiger partial charge in [-0.1, -0.05) is 30.6 Å². The Morgan fingerprint density at radius 3 is 2.25 bits per heavy atom. The van der Waals surface area contributed by atoms with E-state index in [1.807, 2.05) is 0 Å². The molecule has 24 heavy (non-hydrogen) atoms. The number of alkyl halides is 3. The van der Waals surface area contributed by atoms with Crippen molar-refractivity contribution in [2.75, 3.05) is 31.1 Å². The lowest BCUT2D eigenvalue weighted by atomic mass is 9.83. The van der Waals surface area contributed by atoms with E-state index in [-0.39, 0.29) is 11.0 Å². The molecule has 0 atom stereocenters. The molecule has 0 spiro atoms. The Kier molecular flexibility index (Phi) is 4.69. The van der Waals surface area contributed by atoms with Crippen LogP contribution in [0.3, 0.4) is 0 Å². The number of aromatic nitrogens is 2. The summed E-state index contributed by atoms with van der Waals surface area (Å²) in [5, 5.41) is 16.6. The maximum absolute atomic E-state index is 12.6. The van der Waals surface area contributed by atoms with Gasteiger partial charge >= 0.3 is 6.18 Å². The van der Waals surface area contributed by atoms with Crippen LogP contribution < -0.4 is 4.90 Å². The fourth-order valence-corrected chi connectivity index (χ4v) is 3.97. The molecular formula is C14H19F3N4O2S. The molecule has 1 aliphatic heterocycles. The quantitative estimate of drug-likeness (QED) is 0.868. The van der Waals surface area contributed by atoms with Crippen LogP contribution in [0, 0.1) is 0 Å². The van der Waals surface area contributed by atoms with Crippen molar-refractivity contribution in [2.24, 2.45) is 0 Å². The van der Waals surface area contributed by atoms with E-state index in [0.717, 1.165) is 19.3 Å². The molecule has 0 radical (unpaired) electrons. The molecule has 1 aromatic rings. The van der Waals surface area contributed by atoms with E-state index >= 15 is 0 Å². The van der Waals surface area contributed by atoms with Crippen LogP contribution in [0.2, 0.25) is 0 Å². The Morgan fingerprint density at radius 1 is 1.08 bits per heavy atom. The van der Waals surface area contributed by atoms with E-state index in [2.05, 4.69) is 10.2 Å². The molecule has 1 saturated heterocycles. The summed E-state index contributed by atoms with van der Waals surface area (Å²) in [5.41, 5.74) is -1.27. The fraction of sp³-hybridized carbons (Fsp3) is 0.786. The summed E-state index contributed by atoms with van der Waals surface area (Å²) in [7, 11) is 0. The van der Waals surface area contributed by atoms with E-state index in [9.17, 15) is 23.1 Å². The molecule has 2 aliphatic rings. The molecule has 1 aromatic heterocycles. The van der Waals surface area contributed by atoms with Gasteiger partial charge in [-0.05, 0) is 12.8 Å². The van der Waals surface area contributed by atoms with Gasteiger partial charge in [-0.2, -0.15) is 13.2 Å². The summed E-state index contributed by atoms with van der Waals surface area (Å²) in [6, 6.07) is 0. The van der Waals surface area contributed by atoms with Crippen molar-refractivity contribution in [3.05, 3.63) is 5.01 Å². The van der Waals surface area contributed by atoms with Gasteiger partial charge in [0.1, 0.15) is 5.60 Å². The number of anilines is 1. The third kappa shape index (κ3) is 3.49. The Morgan fingerprint density at radius 2 is 1.71 bits per heavy atom. The van der Waals surface area contributed by atoms with E-state index < -0.39 is 16.8 Å². The number of piperazine rings is 1. The first-order valence-electron chi connectivity index (χ1n) is 7.97. The molecule has 0 bridgehead atoms. The molecule has 1 amide bonds. The minimum Gasteiger partial charge on any atom is -0.380 e. The lowest BCUT2D eigenvalue weighted by Crippen LogP contribution is -2.56. The maximum atomic E-state index is 12.6. The molecular weight excluding hydrogens is 345 g/mol. The molecule has 1 N–H and O–H groups in total. The lowest BCUT2D eigenvalue weighted by molar-refractivity contribution is -0.155. The number of carbonyl (C=O) groups is 1. The lowest BCUT2D eigenvalue weighted by Gasteiger charge is -2.40. The molecule has 3 rings (SSSR count). The van der Waals surface area contributed by atoms with Gasteiger partial charge in [-0.15, -0.1) is 10.2 Å². The molecule has 0 aromatic carbocycles. The summed E-state index contributed by atoms with van der Waals surface area (Å²) >= 11 is 0.509. The van der Waals surface area contributed by atoms with E-state index in [1.165, 1.54) is 0 Å². The van der Waals surface area contributed by atoms with Crippen molar-refractivity contribution < 1.29 is 23.1 Å². The molecule has 2 fully saturated rings. The zero-order valence-electron chi connectivity index (χ0n) is 13.1. The monoisotopic (exact) mass is 364 g/mol. The van der Waals surface area contributed by atoms with Crippen LogP contribution in [0.15, 0.2) is 0 Å². The SMILES string of the molecule is O=C(N1CCN(c2nnc(C(F)(F)F)s2)CC1)C1(O)CCCCC1. The number of halogens is 3. The fourth-order valence-electron chi connectivity index (χ4n) is 3.20. The van der Waals surface area contributed by atoms with Crippen LogP contribution in [0.25, 0.3) is 0 Å². The Hall–Kier alpha value is -1.42. The van der Waals surface area contributed by atoms with Crippen LogP contribution in [0.5, 0.6) is 0 Å². The maximum Gasteiger partial charge on any atom is 0.445 e. The highest BCUT2D eigenvalue weighted by molar-refractivity contribution is 7.15. The van der Waals surface area contributed by atoms with Crippen molar-refractivity contribution in [1.82, 2.24) is 15.1 Å². The number of carbonyl (C=O) groups excluding carboxylic acids is 1. The highest BCUT2D eigenvalue weighted by Gasteiger charge is 2.41. The third-order valence-corrected chi connectivity index (χ3v) is 5.60. The summed E-state index contributed by atoms with van der Waals surface area (Å²) in [6.07, 6.45) is -0.810. The average molecular weight is 364 g/mol. The molecule has 1 aliphatic carbocycles. The molecule has 2 heterocycles. The van der Waals surface area contributed by atoms with Crippen LogP contribution in [0.1, 0.15) is 37.1 Å². The molecule has 6 nitrogen and oxygen atoms in total. The van der Waals surface area contributed by atoms with Crippen molar-refractivity contribution in [2.45, 2.75) is 43.9 Å². The predicted octanol–water partition coefficient (Wildman–Crippen LogP) is 1.90. The first kappa shape index (κ1) is 17.4. The van der Waals surface area contributed by atoms with Gasteiger partial charge in [0.05, 0.1) is 0 Å². The van der Waals surface area contributed by atoms with Crippen LogP contribution in [-0.4, -0.2) is 57.9 Å². The highest BCUT2D eigenvalue weighted by atomic mass is 32.1. The van der Waals surface area contributed by atoms with Crippen molar-refractivity contribution in [3.8, 4) is 0 Å². The zero-order chi connectivity index (χ0) is 17.4. The van der Waals surface area contributed by atoms with E-state index in [1.54, 1.807) is 9.80 Å². The predicted molar refractivity (Wildman–Crippen MR) is 81.7 cm³/mol. The van der Waals surface area contributed by atoms with Gasteiger partial charge in [0.15, 0.2) is 0 Å². The number of nitrogens with zero attached hydrogens (tertiary/aromatic N) is 4. The first-order chi connectivity index (χ1) is 11.3. The number of aliphatic hydroxyl groups is 1. The van der Waals surface area contributed by atoms with Gasteiger partial charge in [-0.3, -0.25) is 4.79 Å². The third-order valence-electron chi connectivity index (χ3n) is 4.57. The van der Waals surface area contributed by atoms with Crippen molar-refractivity contribution in [3.63, 3.8) is 0 Å². The number of amides is 1. The van der Waals surface area contributed by atoms with Gasteiger partial charge in [-0.25, -0.2) is 0 Å². The normalized spacial score (nSPS) is 21.8. The second-order valence-electron chi connectivity index (χ2n) is 6.26. The summed E-state index contributed by atoms with van der Waals surface area (Å²) in [4.78, 5) is 15.8. The molecule has 0 unspecified atom stereocenters. The summed E-state index contributed by atoms with van der Waals surface area (Å²) in [5.74, 6) is -0.255. The van der Waals surface area contributed by atoms with Gasteiger partial charge in [0.25, 0.3) is 5.91 Å². The van der Waals surface area contributed by atoms with Crippen molar-refractivity contribution in [1.29, 1.82) is 0 Å². The second kappa shape index (κ2) is 6.47.